The Bertz CT molecular complexity index is 6910. The number of imidazole rings is 3. The van der Waals surface area contributed by atoms with Gasteiger partial charge in [0.25, 0.3) is 22.2 Å². The van der Waals surface area contributed by atoms with Crippen molar-refractivity contribution < 1.29 is 164 Å². The lowest BCUT2D eigenvalue weighted by molar-refractivity contribution is -0.0841. The number of nitrogens with two attached hydrogens (primary N) is 3. The molecule has 15 rings (SSSR count). The van der Waals surface area contributed by atoms with E-state index in [0.717, 1.165) is 45.9 Å². The van der Waals surface area contributed by atoms with Crippen LogP contribution in [-0.2, 0) is 177 Å². The molecule has 0 aromatic carbocycles. The summed E-state index contributed by atoms with van der Waals surface area (Å²) in [6.45, 7) is -22.1. The van der Waals surface area contributed by atoms with Gasteiger partial charge in [0.1, 0.15) is 122 Å². The molecule has 28 atom stereocenters. The van der Waals surface area contributed by atoms with Gasteiger partial charge in [-0.25, -0.2) is 58.4 Å². The summed E-state index contributed by atoms with van der Waals surface area (Å²) in [6.07, 6.45) is -27.1. The Kier molecular flexibility index (Phi) is 37.0. The van der Waals surface area contributed by atoms with Crippen LogP contribution < -0.4 is 56.5 Å². The van der Waals surface area contributed by atoms with Gasteiger partial charge in [-0.05, 0) is 68.0 Å². The number of nitrogen functional groups attached to an aromatic ring is 3. The van der Waals surface area contributed by atoms with Crippen molar-refractivity contribution in [1.29, 1.82) is 0 Å². The lowest BCUT2D eigenvalue weighted by Gasteiger charge is -2.30. The van der Waals surface area contributed by atoms with Gasteiger partial charge in [-0.15, -0.1) is 0 Å². The van der Waals surface area contributed by atoms with Crippen LogP contribution in [0.25, 0.3) is 33.5 Å². The van der Waals surface area contributed by atoms with E-state index in [9.17, 15) is 68.0 Å². The maximum Gasteiger partial charge on any atom is 0.472 e. The Labute approximate surface area is 841 Å². The number of ether oxygens (including phenoxy) is 14. The van der Waals surface area contributed by atoms with Crippen molar-refractivity contribution in [2.45, 2.75) is 169 Å². The summed E-state index contributed by atoms with van der Waals surface area (Å²) in [5.74, 6) is -0.518. The van der Waals surface area contributed by atoms with E-state index >= 15 is 9.13 Å². The van der Waals surface area contributed by atoms with Crippen LogP contribution in [0, 0.1) is 20.8 Å². The molecule has 0 aliphatic carbocycles. The molecule has 9 aromatic rings. The van der Waals surface area contributed by atoms with Crippen LogP contribution in [0.15, 0.2) is 83.8 Å². The van der Waals surface area contributed by atoms with Crippen molar-refractivity contribution >= 4 is 141 Å². The molecule has 146 heavy (non-hydrogen) atoms. The molecule has 12 unspecified atom stereocenters. The second kappa shape index (κ2) is 47.9. The van der Waals surface area contributed by atoms with E-state index in [4.69, 9.17) is 185 Å². The quantitative estimate of drug-likeness (QED) is 0.0139. The molecule has 0 saturated carbocycles. The lowest BCUT2D eigenvalue weighted by Crippen LogP contribution is -2.42. The monoisotopic (exact) mass is 2260 g/mol. The zero-order valence-corrected chi connectivity index (χ0v) is 86.5. The number of aliphatic hydroxyl groups is 1. The summed E-state index contributed by atoms with van der Waals surface area (Å²) in [6, 6.07) is 0. The van der Waals surface area contributed by atoms with E-state index in [1.54, 1.807) is 0 Å². The number of aromatic amines is 4. The molecule has 0 spiro atoms. The highest BCUT2D eigenvalue weighted by Gasteiger charge is 2.58. The van der Waals surface area contributed by atoms with E-state index in [1.807, 2.05) is 0 Å². The molecule has 0 amide bonds. The summed E-state index contributed by atoms with van der Waals surface area (Å²) in [5, 5.41) is 10.7. The number of methoxy groups -OCH3 is 4. The number of H-pyrrole nitrogens is 4. The van der Waals surface area contributed by atoms with Gasteiger partial charge >= 0.3 is 59.6 Å². The highest BCUT2D eigenvalue weighted by Crippen LogP contribution is 2.59. The average Bonchev–Trinajstić information content (AvgIpc) is 1.58. The topological polar surface area (TPSA) is 809 Å². The van der Waals surface area contributed by atoms with E-state index in [0.29, 0.717) is 0 Å². The third-order valence-corrected chi connectivity index (χ3v) is 31.6. The second-order valence-corrected chi connectivity index (χ2v) is 47.0. The van der Waals surface area contributed by atoms with E-state index in [1.165, 1.54) is 88.1 Å². The summed E-state index contributed by atoms with van der Waals surface area (Å²) >= 11 is 22.2. The summed E-state index contributed by atoms with van der Waals surface area (Å²) < 4.78 is 193. The Hall–Kier alpha value is -7.37. The molecule has 6 aliphatic rings. The third-order valence-electron chi connectivity index (χ3n) is 23.3. The molecule has 73 heteroatoms. The number of aryl methyl sites for hydroxylation is 3. The van der Waals surface area contributed by atoms with Crippen LogP contribution in [0.4, 0.5) is 17.6 Å². The number of rotatable bonds is 51. The Balaban J connectivity index is 0.713. The molecule has 0 radical (unpaired) electrons. The van der Waals surface area contributed by atoms with Crippen LogP contribution in [0.2, 0.25) is 0 Å². The first-order valence-electron chi connectivity index (χ1n) is 43.7. The van der Waals surface area contributed by atoms with Crippen LogP contribution in [0.1, 0.15) is 66.9 Å². The van der Waals surface area contributed by atoms with Gasteiger partial charge in [-0.2, -0.15) is 4.98 Å². The highest BCUT2D eigenvalue weighted by molar-refractivity contribution is 8.08. The van der Waals surface area contributed by atoms with Gasteiger partial charge in [0.2, 0.25) is 5.95 Å². The lowest BCUT2D eigenvalue weighted by atomic mass is 10.1. The predicted octanol–water partition coefficient (Wildman–Crippen LogP) is -2.49. The first-order chi connectivity index (χ1) is 69.3. The molecular formula is C73H103N21O42P6S4. The molecule has 6 aliphatic heterocycles. The smallest absolute Gasteiger partial charge is 0.394 e. The Morgan fingerprint density at radius 2 is 0.712 bits per heavy atom. The normalized spacial score (nSPS) is 29.0. The fourth-order valence-corrected chi connectivity index (χ4v) is 23.7. The number of nitrogens with one attached hydrogen (secondary N) is 4. The minimum Gasteiger partial charge on any atom is -0.394 e. The number of anilines is 3. The standard InChI is InChI=1S/C73H103N21O42P6S4/c1-33-19-89(71(100)86-62(33)96)44-17-37(132-140(108,144)122-23-39-36(131-139(107,143)115-8)18-45(126-39)92-30-83-48-61(92)84-70(76)85-65(48)99)40(125-44)24-123-141(109,145)136-52-42(130-69(56(52)119-16-12-114-7)94-32-82-47-58(75)78-29-80-60(47)94)26-121-138(105,106)133-50-41(129-68(55(50)118-15-11-113-6)93-31-81-46-57(74)77-28-79-59(46)93)25-120-137(103,104)134-51-43(128-67(54(51)117-14-10-112-5)91-21-35(3)64(98)88-73(91)102)27-124-142(110,146)135-49-38(22-95)127-66(53(49)116-13-9-111-4)90-20-34(2)63(97)87-72(90)101/h19-21,28-32,36-45,49-56,66-69,95H,9-18,22-27H2,1-8H3,(H,103,104)(H,105,106)(H,107,143)(H,108,144)(H,109,145)(H,110,146)(H2,74,77,79)(H2,75,78,80)(H,86,96,100)(H,87,97,101)(H,88,98,102)(H3,76,84,85,99)/t36?,37?,38-,39-,40-,41-,42-,43-,44-,45-,49?,50?,51?,52?,53+,54+,55+,56+,66-,67-,68-,69-,139?,140?,141?,142?/m1/s1. The van der Waals surface area contributed by atoms with Crippen LogP contribution in [0.5, 0.6) is 0 Å². The molecule has 17 N–H and O–H groups in total. The fraction of sp³-hybridized carbons (Fsp3) is 0.630. The minimum absolute atomic E-state index is 0.000446. The molecule has 15 heterocycles. The summed E-state index contributed by atoms with van der Waals surface area (Å²) in [7, 11) is -5.38. The largest absolute Gasteiger partial charge is 0.472 e. The second-order valence-electron chi connectivity index (χ2n) is 32.9. The van der Waals surface area contributed by atoms with Crippen LogP contribution in [0.3, 0.4) is 0 Å². The van der Waals surface area contributed by atoms with Gasteiger partial charge < -0.3 is 145 Å². The third kappa shape index (κ3) is 26.4. The molecule has 806 valence electrons. The molecule has 9 aromatic heterocycles. The molecule has 63 nitrogen and oxygen atoms in total. The van der Waals surface area contributed by atoms with Crippen molar-refractivity contribution in [2.75, 3.05) is 145 Å². The first kappa shape index (κ1) is 113. The number of nitrogens with zero attached hydrogens (tertiary/aromatic N) is 14. The highest BCUT2D eigenvalue weighted by atomic mass is 32.5. The molecule has 0 bridgehead atoms. The Morgan fingerprint density at radius 3 is 1.12 bits per heavy atom. The van der Waals surface area contributed by atoms with E-state index in [2.05, 4.69) is 59.8 Å². The fourth-order valence-electron chi connectivity index (χ4n) is 16.4. The van der Waals surface area contributed by atoms with Gasteiger partial charge in [0.15, 0.2) is 59.0 Å². The van der Waals surface area contributed by atoms with Gasteiger partial charge in [-0.1, -0.05) is 0 Å². The maximum atomic E-state index is 15.5. The number of aliphatic hydroxyl groups excluding tert-OH is 1. The number of phosphoric ester groups is 2. The molecule has 6 saturated heterocycles. The number of aromatic nitrogens is 18. The number of hydrogen-bond donors (Lipinski definition) is 14. The zero-order chi connectivity index (χ0) is 105. The van der Waals surface area contributed by atoms with Crippen LogP contribution in [-0.4, -0.2) is 347 Å². The molecule has 6 fully saturated rings. The Morgan fingerprint density at radius 1 is 0.377 bits per heavy atom. The van der Waals surface area contributed by atoms with Gasteiger partial charge in [0, 0.05) is 83.7 Å². The van der Waals surface area contributed by atoms with Crippen LogP contribution >= 0.6 is 42.5 Å². The summed E-state index contributed by atoms with van der Waals surface area (Å²) in [4.78, 5) is 207. The van der Waals surface area contributed by atoms with Crippen molar-refractivity contribution in [1.82, 2.24) is 87.2 Å². The minimum atomic E-state index is -5.90. The number of hydrogen-bond acceptors (Lipinski definition) is 51. The average molecular weight is 2260 g/mol. The van der Waals surface area contributed by atoms with E-state index < -0.39 is 270 Å². The molecular weight excluding hydrogens is 2160 g/mol. The number of fused-ring (bicyclic) bond motifs is 3. The van der Waals surface area contributed by atoms with Crippen molar-refractivity contribution in [3.05, 3.63) is 140 Å². The first-order valence-corrected chi connectivity index (χ1v) is 57.1. The van der Waals surface area contributed by atoms with E-state index in [-0.39, 0.29) is 120 Å². The van der Waals surface area contributed by atoms with Crippen molar-refractivity contribution in [3.63, 3.8) is 0 Å². The van der Waals surface area contributed by atoms with Crippen molar-refractivity contribution in [2.24, 2.45) is 0 Å². The van der Waals surface area contributed by atoms with Gasteiger partial charge in [0.05, 0.1) is 124 Å². The SMILES string of the molecule is COCCO[C@H]1C(OP(=O)(O)OC[C@H]2O[C@@H](n3cnc4c(N)ncnc43)[C@@H](OCCOC)C2OP(=O)(O)OC[C@H]2O[C@@H](n3cnc4c(N)ncnc43)[C@@H](OCCOC)C2OP(O)(=S)OC[C@H]2O[C@@H](n3cc(C)c(=O)[nH]c3=O)CC2OP(O)(=S)OC[C@H]2O[C@@H](n3cnc4c(=O)[nH]c(N)nc43)CC2OP(O)(=S)OC)[C@@H](COP(O)(=S)OC2[C@@H](CO)O[C@@H](n3cc(C)c(=O)[nH]c3=O)[C@H]2OCCOC)O[C@H]1n1cc(C)c(=O)[nH]c1=O. The van der Waals surface area contributed by atoms with Gasteiger partial charge in [-0.3, -0.25) is 93.7 Å². The maximum absolute atomic E-state index is 15.5. The number of phosphoric acid groups is 2. The summed E-state index contributed by atoms with van der Waals surface area (Å²) in [5.41, 5.74) is 12.2. The van der Waals surface area contributed by atoms with Crippen molar-refractivity contribution in [3.8, 4) is 0 Å². The zero-order valence-electron chi connectivity index (χ0n) is 77.9. The predicted molar refractivity (Wildman–Crippen MR) is 508 cm³/mol.